The summed E-state index contributed by atoms with van der Waals surface area (Å²) in [6, 6.07) is 6.20. The zero-order chi connectivity index (χ0) is 22.6. The monoisotopic (exact) mass is 426 g/mol. The molecule has 170 valence electrons. The highest BCUT2D eigenvalue weighted by Crippen LogP contribution is 2.40. The van der Waals surface area contributed by atoms with Gasteiger partial charge in [0.2, 0.25) is 5.91 Å². The van der Waals surface area contributed by atoms with E-state index in [1.165, 1.54) is 11.1 Å². The quantitative estimate of drug-likeness (QED) is 0.753. The van der Waals surface area contributed by atoms with Crippen molar-refractivity contribution in [1.82, 2.24) is 4.90 Å². The van der Waals surface area contributed by atoms with Crippen LogP contribution < -0.4 is 5.73 Å². The van der Waals surface area contributed by atoms with Gasteiger partial charge in [0.25, 0.3) is 0 Å². The second kappa shape index (κ2) is 7.72. The third kappa shape index (κ3) is 4.74. The second-order valence-corrected chi connectivity index (χ2v) is 11.5. The molecule has 1 aromatic carbocycles. The smallest absolute Gasteiger partial charge is 0.249 e. The van der Waals surface area contributed by atoms with Crippen molar-refractivity contribution < 1.29 is 14.3 Å². The summed E-state index contributed by atoms with van der Waals surface area (Å²) >= 11 is 0. The van der Waals surface area contributed by atoms with Crippen molar-refractivity contribution in [2.75, 3.05) is 19.6 Å². The van der Waals surface area contributed by atoms with Crippen LogP contribution in [-0.2, 0) is 14.9 Å². The molecular formula is C26H38N2O3. The first-order chi connectivity index (χ1) is 14.4. The Balaban J connectivity index is 1.55. The van der Waals surface area contributed by atoms with Gasteiger partial charge >= 0.3 is 0 Å². The fraction of sp³-hybridized carbons (Fsp3) is 0.654. The average Bonchev–Trinajstić information content (AvgIpc) is 3.13. The lowest BCUT2D eigenvalue weighted by Gasteiger charge is -2.33. The van der Waals surface area contributed by atoms with Crippen LogP contribution in [0.2, 0.25) is 0 Å². The van der Waals surface area contributed by atoms with E-state index in [1.807, 2.05) is 19.9 Å². The summed E-state index contributed by atoms with van der Waals surface area (Å²) in [5.41, 5.74) is 10.1. The number of hydrogen-bond acceptors (Lipinski definition) is 4. The van der Waals surface area contributed by atoms with Crippen LogP contribution in [0.3, 0.4) is 0 Å². The molecule has 2 N–H and O–H groups in total. The highest BCUT2D eigenvalue weighted by molar-refractivity contribution is 5.98. The molecule has 0 radical (unpaired) electrons. The van der Waals surface area contributed by atoms with Crippen molar-refractivity contribution in [3.8, 4) is 0 Å². The number of primary amides is 1. The van der Waals surface area contributed by atoms with Crippen LogP contribution in [-0.4, -0.2) is 48.4 Å². The van der Waals surface area contributed by atoms with Gasteiger partial charge in [0.15, 0.2) is 5.79 Å². The molecule has 1 aliphatic carbocycles. The Morgan fingerprint density at radius 2 is 1.81 bits per heavy atom. The van der Waals surface area contributed by atoms with Gasteiger partial charge in [-0.1, -0.05) is 45.9 Å². The molecule has 0 aromatic heterocycles. The predicted molar refractivity (Wildman–Crippen MR) is 124 cm³/mol. The molecule has 31 heavy (non-hydrogen) atoms. The summed E-state index contributed by atoms with van der Waals surface area (Å²) in [7, 11) is 0. The number of amides is 1. The van der Waals surface area contributed by atoms with Crippen molar-refractivity contribution in [2.24, 2.45) is 11.1 Å². The Bertz CT molecular complexity index is 884. The molecule has 5 nitrogen and oxygen atoms in total. The number of carbonyl (C=O) groups excluding carboxylic acids is 1. The number of allylic oxidation sites excluding steroid dienone is 2. The molecule has 0 bridgehead atoms. The molecule has 1 amide bonds. The maximum Gasteiger partial charge on any atom is 0.249 e. The van der Waals surface area contributed by atoms with Gasteiger partial charge in [0, 0.05) is 30.6 Å². The topological polar surface area (TPSA) is 64.8 Å². The Hall–Kier alpha value is -1.69. The third-order valence-electron chi connectivity index (χ3n) is 7.16. The van der Waals surface area contributed by atoms with Gasteiger partial charge in [-0.15, -0.1) is 0 Å². The van der Waals surface area contributed by atoms with Crippen molar-refractivity contribution in [1.29, 1.82) is 0 Å². The summed E-state index contributed by atoms with van der Waals surface area (Å²) in [5.74, 6) is -0.826. The summed E-state index contributed by atoms with van der Waals surface area (Å²) in [5, 5.41) is 0. The van der Waals surface area contributed by atoms with E-state index in [0.29, 0.717) is 11.0 Å². The Morgan fingerprint density at radius 3 is 2.35 bits per heavy atom. The lowest BCUT2D eigenvalue weighted by Crippen LogP contribution is -2.38. The number of likely N-dealkylation sites (tertiary alicyclic amines) is 1. The summed E-state index contributed by atoms with van der Waals surface area (Å²) in [4.78, 5) is 14.6. The largest absolute Gasteiger partial charge is 0.366 e. The SMILES string of the molecule is CC1(C)CC=C(c2cc(C(C)(C)CN3CC4OC(C)(C)OC4C3)ccc2C(N)=O)CC1. The van der Waals surface area contributed by atoms with Crippen LogP contribution in [0.5, 0.6) is 0 Å². The maximum atomic E-state index is 12.2. The third-order valence-corrected chi connectivity index (χ3v) is 7.16. The molecule has 4 rings (SSSR count). The number of benzene rings is 1. The van der Waals surface area contributed by atoms with Gasteiger partial charge in [-0.25, -0.2) is 0 Å². The molecule has 2 aliphatic heterocycles. The summed E-state index contributed by atoms with van der Waals surface area (Å²) in [6.45, 7) is 15.8. The number of hydrogen-bond donors (Lipinski definition) is 1. The highest BCUT2D eigenvalue weighted by Gasteiger charge is 2.47. The van der Waals surface area contributed by atoms with Gasteiger partial charge in [-0.2, -0.15) is 0 Å². The summed E-state index contributed by atoms with van der Waals surface area (Å²) in [6.07, 6.45) is 5.74. The summed E-state index contributed by atoms with van der Waals surface area (Å²) < 4.78 is 12.1. The molecular weight excluding hydrogens is 388 g/mol. The minimum atomic E-state index is -0.473. The van der Waals surface area contributed by atoms with E-state index in [2.05, 4.69) is 50.8 Å². The van der Waals surface area contributed by atoms with Crippen molar-refractivity contribution in [3.63, 3.8) is 0 Å². The molecule has 2 saturated heterocycles. The zero-order valence-electron chi connectivity index (χ0n) is 20.0. The Labute approximate surface area is 187 Å². The van der Waals surface area contributed by atoms with E-state index in [1.54, 1.807) is 0 Å². The van der Waals surface area contributed by atoms with Crippen LogP contribution >= 0.6 is 0 Å². The van der Waals surface area contributed by atoms with Gasteiger partial charge in [0.1, 0.15) is 12.2 Å². The maximum absolute atomic E-state index is 12.2. The highest BCUT2D eigenvalue weighted by atomic mass is 16.8. The van der Waals surface area contributed by atoms with Gasteiger partial charge in [0.05, 0.1) is 0 Å². The number of nitrogens with zero attached hydrogens (tertiary/aromatic N) is 1. The average molecular weight is 427 g/mol. The zero-order valence-corrected chi connectivity index (χ0v) is 20.0. The number of rotatable bonds is 5. The minimum Gasteiger partial charge on any atom is -0.366 e. The van der Waals surface area contributed by atoms with Gasteiger partial charge in [-0.3, -0.25) is 9.69 Å². The van der Waals surface area contributed by atoms with E-state index in [-0.39, 0.29) is 23.5 Å². The molecule has 2 heterocycles. The lowest BCUT2D eigenvalue weighted by atomic mass is 9.75. The molecule has 2 fully saturated rings. The molecule has 0 saturated carbocycles. The molecule has 2 unspecified atom stereocenters. The van der Waals surface area contributed by atoms with Gasteiger partial charge < -0.3 is 15.2 Å². The van der Waals surface area contributed by atoms with Crippen molar-refractivity contribution >= 4 is 11.5 Å². The van der Waals surface area contributed by atoms with E-state index in [4.69, 9.17) is 15.2 Å². The van der Waals surface area contributed by atoms with Crippen molar-refractivity contribution in [2.45, 2.75) is 84.2 Å². The minimum absolute atomic E-state index is 0.0758. The second-order valence-electron chi connectivity index (χ2n) is 11.5. The van der Waals surface area contributed by atoms with E-state index in [0.717, 1.165) is 44.5 Å². The van der Waals surface area contributed by atoms with Crippen molar-refractivity contribution in [3.05, 3.63) is 41.0 Å². The fourth-order valence-corrected chi connectivity index (χ4v) is 5.35. The van der Waals surface area contributed by atoms with Crippen LogP contribution in [0.1, 0.15) is 82.3 Å². The van der Waals surface area contributed by atoms with Crippen LogP contribution in [0, 0.1) is 5.41 Å². The first-order valence-corrected chi connectivity index (χ1v) is 11.6. The Morgan fingerprint density at radius 1 is 1.16 bits per heavy atom. The number of carbonyl (C=O) groups is 1. The Kier molecular flexibility index (Phi) is 5.60. The number of fused-ring (bicyclic) bond motifs is 1. The van der Waals surface area contributed by atoms with Crippen LogP contribution in [0.4, 0.5) is 0 Å². The lowest BCUT2D eigenvalue weighted by molar-refractivity contribution is -0.155. The number of ether oxygens (including phenoxy) is 2. The number of nitrogens with two attached hydrogens (primary N) is 1. The van der Waals surface area contributed by atoms with Gasteiger partial charge in [-0.05, 0) is 61.3 Å². The predicted octanol–water partition coefficient (Wildman–Crippen LogP) is 4.49. The normalized spacial score (nSPS) is 27.7. The first kappa shape index (κ1) is 22.5. The molecule has 1 aromatic rings. The van der Waals surface area contributed by atoms with E-state index >= 15 is 0 Å². The first-order valence-electron chi connectivity index (χ1n) is 11.6. The molecule has 2 atom stereocenters. The molecule has 3 aliphatic rings. The van der Waals surface area contributed by atoms with Crippen LogP contribution in [0.15, 0.2) is 24.3 Å². The van der Waals surface area contributed by atoms with E-state index < -0.39 is 5.79 Å². The molecule has 0 spiro atoms. The molecule has 5 heteroatoms. The fourth-order valence-electron chi connectivity index (χ4n) is 5.35. The van der Waals surface area contributed by atoms with Crippen LogP contribution in [0.25, 0.3) is 5.57 Å². The van der Waals surface area contributed by atoms with E-state index in [9.17, 15) is 4.79 Å². The standard InChI is InChI=1S/C26H38N2O3/c1-24(2)11-9-17(10-12-24)20-13-18(7-8-19(20)23(27)29)25(3,4)16-28-14-21-22(15-28)31-26(5,6)30-21/h7-9,13,21-22H,10-12,14-16H2,1-6H3,(H2,27,29).